The molecule has 0 amide bonds. The van der Waals surface area contributed by atoms with Gasteiger partial charge in [0.25, 0.3) is 0 Å². The maximum Gasteiger partial charge on any atom is 0.0835 e. The molecule has 1 heterocycles. The van der Waals surface area contributed by atoms with Crippen LogP contribution in [0.5, 0.6) is 0 Å². The summed E-state index contributed by atoms with van der Waals surface area (Å²) in [6.07, 6.45) is 2.65. The first kappa shape index (κ1) is 16.0. The molecule has 2 unspecified atom stereocenters. The van der Waals surface area contributed by atoms with Crippen LogP contribution in [0.3, 0.4) is 0 Å². The number of benzene rings is 1. The molecule has 5 heteroatoms. The molecule has 2 atom stereocenters. The van der Waals surface area contributed by atoms with Gasteiger partial charge in [-0.1, -0.05) is 48.9 Å². The van der Waals surface area contributed by atoms with Crippen LogP contribution in [0.15, 0.2) is 36.5 Å². The summed E-state index contributed by atoms with van der Waals surface area (Å²) in [5.74, 6) is 6.10. The summed E-state index contributed by atoms with van der Waals surface area (Å²) in [5.41, 5.74) is 5.14. The molecule has 2 rings (SSSR count). The Morgan fingerprint density at radius 1 is 1.29 bits per heavy atom. The van der Waals surface area contributed by atoms with Gasteiger partial charge in [0.05, 0.1) is 23.0 Å². The zero-order valence-electron chi connectivity index (χ0n) is 12.8. The molecule has 2 aromatic rings. The largest absolute Gasteiger partial charge is 0.271 e. The number of halogens is 1. The first-order valence-electron chi connectivity index (χ1n) is 7.34. The first-order chi connectivity index (χ1) is 10.1. The Morgan fingerprint density at radius 2 is 1.95 bits per heavy atom. The van der Waals surface area contributed by atoms with E-state index in [1.54, 1.807) is 6.20 Å². The van der Waals surface area contributed by atoms with Gasteiger partial charge in [0.15, 0.2) is 0 Å². The lowest BCUT2D eigenvalue weighted by atomic mass is 9.87. The Morgan fingerprint density at radius 3 is 2.48 bits per heavy atom. The lowest BCUT2D eigenvalue weighted by molar-refractivity contribution is 0.394. The lowest BCUT2D eigenvalue weighted by Crippen LogP contribution is -2.34. The summed E-state index contributed by atoms with van der Waals surface area (Å²) >= 11 is 6.37. The van der Waals surface area contributed by atoms with E-state index in [-0.39, 0.29) is 18.0 Å². The Hall–Kier alpha value is -1.36. The standard InChI is InChI=1S/C16H23ClN4/c1-4-13(12-8-6-5-7-9-12)15(20-18)16-14(17)10-19-21(16)11(2)3/h5-11,13,15,20H,4,18H2,1-3H3. The quantitative estimate of drug-likeness (QED) is 0.630. The van der Waals surface area contributed by atoms with E-state index in [2.05, 4.69) is 43.4 Å². The zero-order valence-corrected chi connectivity index (χ0v) is 13.5. The minimum atomic E-state index is -0.0743. The number of rotatable bonds is 6. The highest BCUT2D eigenvalue weighted by Gasteiger charge is 2.28. The molecule has 114 valence electrons. The molecule has 0 aliphatic rings. The van der Waals surface area contributed by atoms with Gasteiger partial charge in [-0.3, -0.25) is 16.0 Å². The van der Waals surface area contributed by atoms with Gasteiger partial charge in [-0.25, -0.2) is 0 Å². The number of aromatic nitrogens is 2. The fourth-order valence-corrected chi connectivity index (χ4v) is 3.05. The van der Waals surface area contributed by atoms with E-state index >= 15 is 0 Å². The third-order valence-corrected chi connectivity index (χ3v) is 4.11. The molecule has 0 aliphatic carbocycles. The lowest BCUT2D eigenvalue weighted by Gasteiger charge is -2.28. The van der Waals surface area contributed by atoms with Gasteiger partial charge in [0.1, 0.15) is 0 Å². The van der Waals surface area contributed by atoms with Crippen molar-refractivity contribution < 1.29 is 0 Å². The normalized spacial score (nSPS) is 14.4. The van der Waals surface area contributed by atoms with E-state index < -0.39 is 0 Å². The minimum Gasteiger partial charge on any atom is -0.271 e. The van der Waals surface area contributed by atoms with Gasteiger partial charge in [-0.05, 0) is 25.8 Å². The molecule has 21 heavy (non-hydrogen) atoms. The Kier molecular flexibility index (Phi) is 5.39. The van der Waals surface area contributed by atoms with Crippen LogP contribution in [0, 0.1) is 0 Å². The summed E-state index contributed by atoms with van der Waals surface area (Å²) in [5, 5.41) is 5.04. The number of nitrogens with one attached hydrogen (secondary N) is 1. The van der Waals surface area contributed by atoms with E-state index in [1.807, 2.05) is 22.9 Å². The molecule has 0 saturated carbocycles. The van der Waals surface area contributed by atoms with Crippen molar-refractivity contribution in [3.05, 3.63) is 52.8 Å². The van der Waals surface area contributed by atoms with Gasteiger partial charge in [0, 0.05) is 12.0 Å². The first-order valence-corrected chi connectivity index (χ1v) is 7.71. The van der Waals surface area contributed by atoms with Gasteiger partial charge < -0.3 is 0 Å². The zero-order chi connectivity index (χ0) is 15.4. The third-order valence-electron chi connectivity index (χ3n) is 3.82. The summed E-state index contributed by atoms with van der Waals surface area (Å²) in [4.78, 5) is 0. The van der Waals surface area contributed by atoms with Crippen molar-refractivity contribution >= 4 is 11.6 Å². The number of nitrogens with two attached hydrogens (primary N) is 1. The van der Waals surface area contributed by atoms with Gasteiger partial charge in [-0.15, -0.1) is 0 Å². The molecule has 1 aromatic heterocycles. The minimum absolute atomic E-state index is 0.0743. The van der Waals surface area contributed by atoms with Crippen LogP contribution >= 0.6 is 11.6 Å². The molecule has 4 nitrogen and oxygen atoms in total. The predicted octanol–water partition coefficient (Wildman–Crippen LogP) is 3.82. The molecular formula is C16H23ClN4. The van der Waals surface area contributed by atoms with E-state index in [9.17, 15) is 0 Å². The van der Waals surface area contributed by atoms with Crippen molar-refractivity contribution in [3.8, 4) is 0 Å². The summed E-state index contributed by atoms with van der Waals surface area (Å²) in [6.45, 7) is 6.33. The molecule has 0 aliphatic heterocycles. The Balaban J connectivity index is 2.45. The van der Waals surface area contributed by atoms with Crippen LogP contribution in [-0.2, 0) is 0 Å². The fraction of sp³-hybridized carbons (Fsp3) is 0.438. The number of nitrogens with zero attached hydrogens (tertiary/aromatic N) is 2. The van der Waals surface area contributed by atoms with E-state index in [0.717, 1.165) is 12.1 Å². The van der Waals surface area contributed by atoms with E-state index in [4.69, 9.17) is 17.4 Å². The monoisotopic (exact) mass is 306 g/mol. The predicted molar refractivity (Wildman–Crippen MR) is 87.2 cm³/mol. The van der Waals surface area contributed by atoms with Crippen molar-refractivity contribution in [1.82, 2.24) is 15.2 Å². The second-order valence-electron chi connectivity index (χ2n) is 5.49. The number of hydrogen-bond donors (Lipinski definition) is 2. The SMILES string of the molecule is CCC(c1ccccc1)C(NN)c1c(Cl)cnn1C(C)C. The van der Waals surface area contributed by atoms with Crippen LogP contribution in [0.25, 0.3) is 0 Å². The van der Waals surface area contributed by atoms with Crippen molar-refractivity contribution in [2.45, 2.75) is 45.2 Å². The molecule has 0 fully saturated rings. The molecular weight excluding hydrogens is 284 g/mol. The Bertz CT molecular complexity index is 565. The summed E-state index contributed by atoms with van der Waals surface area (Å²) in [6, 6.07) is 10.5. The van der Waals surface area contributed by atoms with Gasteiger partial charge in [-0.2, -0.15) is 5.10 Å². The van der Waals surface area contributed by atoms with E-state index in [0.29, 0.717) is 5.02 Å². The second-order valence-corrected chi connectivity index (χ2v) is 5.89. The number of hydrazine groups is 1. The van der Waals surface area contributed by atoms with Crippen molar-refractivity contribution in [2.75, 3.05) is 0 Å². The molecule has 0 spiro atoms. The maximum absolute atomic E-state index is 6.37. The molecule has 0 radical (unpaired) electrons. The average molecular weight is 307 g/mol. The highest BCUT2D eigenvalue weighted by atomic mass is 35.5. The summed E-state index contributed by atoms with van der Waals surface area (Å²) in [7, 11) is 0. The molecule has 0 bridgehead atoms. The fourth-order valence-electron chi connectivity index (χ4n) is 2.80. The van der Waals surface area contributed by atoms with Crippen LogP contribution in [0.1, 0.15) is 56.5 Å². The number of hydrogen-bond acceptors (Lipinski definition) is 3. The summed E-state index contributed by atoms with van der Waals surface area (Å²) < 4.78 is 1.94. The van der Waals surface area contributed by atoms with Crippen LogP contribution in [0.4, 0.5) is 0 Å². The average Bonchev–Trinajstić information content (AvgIpc) is 2.87. The smallest absolute Gasteiger partial charge is 0.0835 e. The van der Waals surface area contributed by atoms with Crippen molar-refractivity contribution in [2.24, 2.45) is 5.84 Å². The van der Waals surface area contributed by atoms with Gasteiger partial charge >= 0.3 is 0 Å². The molecule has 0 saturated heterocycles. The molecule has 3 N–H and O–H groups in total. The second kappa shape index (κ2) is 7.07. The van der Waals surface area contributed by atoms with Crippen LogP contribution < -0.4 is 11.3 Å². The van der Waals surface area contributed by atoms with Crippen molar-refractivity contribution in [1.29, 1.82) is 0 Å². The van der Waals surface area contributed by atoms with Crippen molar-refractivity contribution in [3.63, 3.8) is 0 Å². The van der Waals surface area contributed by atoms with Gasteiger partial charge in [0.2, 0.25) is 0 Å². The van der Waals surface area contributed by atoms with Crippen LogP contribution in [0.2, 0.25) is 5.02 Å². The topological polar surface area (TPSA) is 55.9 Å². The molecule has 1 aromatic carbocycles. The van der Waals surface area contributed by atoms with E-state index in [1.165, 1.54) is 5.56 Å². The Labute approximate surface area is 131 Å². The van der Waals surface area contributed by atoms with Crippen LogP contribution in [-0.4, -0.2) is 9.78 Å². The highest BCUT2D eigenvalue weighted by Crippen LogP contribution is 2.37. The maximum atomic E-state index is 6.37. The third kappa shape index (κ3) is 3.28. The highest BCUT2D eigenvalue weighted by molar-refractivity contribution is 6.31.